The third-order valence-electron chi connectivity index (χ3n) is 2.78. The minimum Gasteiger partial charge on any atom is -0.271 e. The van der Waals surface area contributed by atoms with E-state index in [-0.39, 0.29) is 0 Å². The molecule has 0 aromatic rings. The summed E-state index contributed by atoms with van der Waals surface area (Å²) in [5.74, 6) is 6.32. The molecule has 0 unspecified atom stereocenters. The van der Waals surface area contributed by atoms with Gasteiger partial charge in [-0.2, -0.15) is 0 Å². The van der Waals surface area contributed by atoms with E-state index in [1.807, 2.05) is 0 Å². The van der Waals surface area contributed by atoms with E-state index < -0.39 is 0 Å². The number of hydrogen-bond donors (Lipinski definition) is 2. The molecule has 3 N–H and O–H groups in total. The van der Waals surface area contributed by atoms with Gasteiger partial charge in [0.2, 0.25) is 0 Å². The molecule has 1 rings (SSSR count). The van der Waals surface area contributed by atoms with Crippen LogP contribution in [0.2, 0.25) is 0 Å². The van der Waals surface area contributed by atoms with Crippen LogP contribution in [0, 0.1) is 5.92 Å². The second-order valence-corrected chi connectivity index (χ2v) is 3.61. The van der Waals surface area contributed by atoms with Crippen molar-refractivity contribution >= 4 is 0 Å². The molecule has 0 amide bonds. The van der Waals surface area contributed by atoms with E-state index in [0.717, 1.165) is 5.92 Å². The Kier molecular flexibility index (Phi) is 3.87. The van der Waals surface area contributed by atoms with Crippen molar-refractivity contribution < 1.29 is 0 Å². The quantitative estimate of drug-likeness (QED) is 0.483. The number of rotatable bonds is 3. The maximum atomic E-state index is 5.47. The molecule has 11 heavy (non-hydrogen) atoms. The molecule has 2 nitrogen and oxygen atoms in total. The second kappa shape index (κ2) is 4.73. The maximum Gasteiger partial charge on any atom is 0.0238 e. The van der Waals surface area contributed by atoms with Crippen molar-refractivity contribution in [1.29, 1.82) is 0 Å². The Balaban J connectivity index is 2.31. The summed E-state index contributed by atoms with van der Waals surface area (Å²) in [5.41, 5.74) is 2.94. The van der Waals surface area contributed by atoms with Crippen LogP contribution in [0.15, 0.2) is 0 Å². The average Bonchev–Trinajstić information content (AvgIpc) is 2.06. The Labute approximate surface area is 69.5 Å². The molecular formula is C9H20N2. The minimum absolute atomic E-state index is 0.601. The summed E-state index contributed by atoms with van der Waals surface area (Å²) in [6.07, 6.45) is 8.06. The molecule has 1 saturated carbocycles. The summed E-state index contributed by atoms with van der Waals surface area (Å²) < 4.78 is 0. The standard InChI is InChI=1S/C9H20N2/c1-2-5-8-6-3-4-7-9(8)11-10/h8-9,11H,2-7,10H2,1H3/t8-,9-/m1/s1. The van der Waals surface area contributed by atoms with Crippen molar-refractivity contribution in [2.45, 2.75) is 51.5 Å². The average molecular weight is 156 g/mol. The van der Waals surface area contributed by atoms with Crippen molar-refractivity contribution in [2.75, 3.05) is 0 Å². The lowest BCUT2D eigenvalue weighted by molar-refractivity contribution is 0.250. The molecule has 0 heterocycles. The Hall–Kier alpha value is -0.0800. The van der Waals surface area contributed by atoms with Crippen LogP contribution in [0.5, 0.6) is 0 Å². The number of nitrogens with two attached hydrogens (primary N) is 1. The predicted octanol–water partition coefficient (Wildman–Crippen LogP) is 1.81. The van der Waals surface area contributed by atoms with Gasteiger partial charge in [-0.15, -0.1) is 0 Å². The van der Waals surface area contributed by atoms with Gasteiger partial charge in [-0.3, -0.25) is 11.3 Å². The topological polar surface area (TPSA) is 38.0 Å². The summed E-state index contributed by atoms with van der Waals surface area (Å²) in [6, 6.07) is 0.601. The Morgan fingerprint density at radius 2 is 2.09 bits per heavy atom. The van der Waals surface area contributed by atoms with E-state index in [9.17, 15) is 0 Å². The minimum atomic E-state index is 0.601. The van der Waals surface area contributed by atoms with Crippen molar-refractivity contribution in [2.24, 2.45) is 11.8 Å². The van der Waals surface area contributed by atoms with Gasteiger partial charge in [0.05, 0.1) is 0 Å². The van der Waals surface area contributed by atoms with Crippen molar-refractivity contribution in [1.82, 2.24) is 5.43 Å². The van der Waals surface area contributed by atoms with Gasteiger partial charge in [0.25, 0.3) is 0 Å². The molecule has 1 aliphatic carbocycles. The van der Waals surface area contributed by atoms with Gasteiger partial charge in [-0.1, -0.05) is 26.2 Å². The van der Waals surface area contributed by atoms with E-state index in [1.165, 1.54) is 38.5 Å². The van der Waals surface area contributed by atoms with E-state index >= 15 is 0 Å². The highest BCUT2D eigenvalue weighted by atomic mass is 15.2. The van der Waals surface area contributed by atoms with Gasteiger partial charge in [-0.05, 0) is 25.2 Å². The van der Waals surface area contributed by atoms with Gasteiger partial charge < -0.3 is 0 Å². The fourth-order valence-electron chi connectivity index (χ4n) is 2.14. The maximum absolute atomic E-state index is 5.47. The lowest BCUT2D eigenvalue weighted by Crippen LogP contribution is -2.42. The van der Waals surface area contributed by atoms with Crippen LogP contribution in [-0.2, 0) is 0 Å². The molecule has 0 aliphatic heterocycles. The van der Waals surface area contributed by atoms with Gasteiger partial charge in [0.15, 0.2) is 0 Å². The zero-order valence-corrected chi connectivity index (χ0v) is 7.47. The van der Waals surface area contributed by atoms with Crippen molar-refractivity contribution in [3.8, 4) is 0 Å². The van der Waals surface area contributed by atoms with E-state index in [2.05, 4.69) is 12.3 Å². The molecule has 1 fully saturated rings. The molecular weight excluding hydrogens is 136 g/mol. The molecule has 0 bridgehead atoms. The fraction of sp³-hybridized carbons (Fsp3) is 1.00. The number of hydrazine groups is 1. The number of nitrogens with one attached hydrogen (secondary N) is 1. The van der Waals surface area contributed by atoms with E-state index in [1.54, 1.807) is 0 Å². The van der Waals surface area contributed by atoms with Crippen LogP contribution in [0.4, 0.5) is 0 Å². The Bertz CT molecular complexity index is 102. The second-order valence-electron chi connectivity index (χ2n) is 3.61. The third-order valence-corrected chi connectivity index (χ3v) is 2.78. The first kappa shape index (κ1) is 9.01. The summed E-state index contributed by atoms with van der Waals surface area (Å²) in [7, 11) is 0. The first-order chi connectivity index (χ1) is 5.38. The highest BCUT2D eigenvalue weighted by Gasteiger charge is 2.22. The number of hydrogen-bond acceptors (Lipinski definition) is 2. The smallest absolute Gasteiger partial charge is 0.0238 e. The molecule has 2 heteroatoms. The third kappa shape index (κ3) is 2.46. The molecule has 0 spiro atoms. The van der Waals surface area contributed by atoms with Gasteiger partial charge >= 0.3 is 0 Å². The zero-order valence-electron chi connectivity index (χ0n) is 7.47. The van der Waals surface area contributed by atoms with Crippen molar-refractivity contribution in [3.63, 3.8) is 0 Å². The van der Waals surface area contributed by atoms with Crippen LogP contribution in [-0.4, -0.2) is 6.04 Å². The van der Waals surface area contributed by atoms with Crippen LogP contribution in [0.1, 0.15) is 45.4 Å². The van der Waals surface area contributed by atoms with E-state index in [4.69, 9.17) is 5.84 Å². The summed E-state index contributed by atoms with van der Waals surface area (Å²) >= 11 is 0. The van der Waals surface area contributed by atoms with Gasteiger partial charge in [0.1, 0.15) is 0 Å². The summed E-state index contributed by atoms with van der Waals surface area (Å²) in [5, 5.41) is 0. The van der Waals surface area contributed by atoms with Crippen LogP contribution < -0.4 is 11.3 Å². The monoisotopic (exact) mass is 156 g/mol. The SMILES string of the molecule is CCC[C@@H]1CCCC[C@H]1NN. The first-order valence-corrected chi connectivity index (χ1v) is 4.84. The van der Waals surface area contributed by atoms with E-state index in [0.29, 0.717) is 6.04 Å². The van der Waals surface area contributed by atoms with Gasteiger partial charge in [-0.25, -0.2) is 0 Å². The molecule has 1 aliphatic rings. The molecule has 0 radical (unpaired) electrons. The zero-order chi connectivity index (χ0) is 8.10. The molecule has 0 aromatic carbocycles. The van der Waals surface area contributed by atoms with Crippen LogP contribution >= 0.6 is 0 Å². The Morgan fingerprint density at radius 1 is 1.36 bits per heavy atom. The highest BCUT2D eigenvalue weighted by molar-refractivity contribution is 4.78. The summed E-state index contributed by atoms with van der Waals surface area (Å²) in [4.78, 5) is 0. The van der Waals surface area contributed by atoms with Gasteiger partial charge in [0, 0.05) is 6.04 Å². The first-order valence-electron chi connectivity index (χ1n) is 4.84. The highest BCUT2D eigenvalue weighted by Crippen LogP contribution is 2.27. The lowest BCUT2D eigenvalue weighted by atomic mass is 9.82. The van der Waals surface area contributed by atoms with Crippen molar-refractivity contribution in [3.05, 3.63) is 0 Å². The molecule has 2 atom stereocenters. The fourth-order valence-corrected chi connectivity index (χ4v) is 2.14. The summed E-state index contributed by atoms with van der Waals surface area (Å²) in [6.45, 7) is 2.25. The molecule has 66 valence electrons. The Morgan fingerprint density at radius 3 is 2.73 bits per heavy atom. The molecule has 0 saturated heterocycles. The molecule has 0 aromatic heterocycles. The lowest BCUT2D eigenvalue weighted by Gasteiger charge is -2.30. The van der Waals surface area contributed by atoms with Crippen LogP contribution in [0.3, 0.4) is 0 Å². The largest absolute Gasteiger partial charge is 0.271 e. The van der Waals surface area contributed by atoms with Crippen LogP contribution in [0.25, 0.3) is 0 Å². The normalized spacial score (nSPS) is 32.2. The predicted molar refractivity (Wildman–Crippen MR) is 48.0 cm³/mol.